The van der Waals surface area contributed by atoms with Crippen molar-refractivity contribution in [3.05, 3.63) is 42.2 Å². The number of nitrogens with zero attached hydrogens (tertiary/aromatic N) is 3. The fraction of sp³-hybridized carbons (Fsp3) is 0.500. The van der Waals surface area contributed by atoms with E-state index in [2.05, 4.69) is 20.6 Å². The second-order valence-corrected chi connectivity index (χ2v) is 9.05. The highest BCUT2D eigenvalue weighted by molar-refractivity contribution is 6.01. The maximum Gasteiger partial charge on any atom is 0.323 e. The number of carbonyl (C=O) groups excluding carboxylic acids is 1. The van der Waals surface area contributed by atoms with Crippen LogP contribution in [0.15, 0.2) is 30.9 Å². The van der Waals surface area contributed by atoms with E-state index in [1.807, 2.05) is 32.6 Å². The summed E-state index contributed by atoms with van der Waals surface area (Å²) < 4.78 is 20.8. The van der Waals surface area contributed by atoms with Gasteiger partial charge in [-0.1, -0.05) is 27.7 Å². The molecule has 0 bridgehead atoms. The number of aromatic nitrogens is 2. The number of halogens is 1. The van der Waals surface area contributed by atoms with Crippen molar-refractivity contribution in [2.45, 2.75) is 40.0 Å². The van der Waals surface area contributed by atoms with Gasteiger partial charge in [-0.25, -0.2) is 19.2 Å². The van der Waals surface area contributed by atoms with E-state index in [0.29, 0.717) is 24.3 Å². The van der Waals surface area contributed by atoms with Gasteiger partial charge in [-0.05, 0) is 29.5 Å². The lowest BCUT2D eigenvalue weighted by Crippen LogP contribution is -2.33. The molecular formula is C24H34FN5O4. The van der Waals surface area contributed by atoms with E-state index in [1.54, 1.807) is 6.07 Å². The number of carboxylic acids is 1. The molecule has 0 spiro atoms. The molecule has 0 saturated heterocycles. The van der Waals surface area contributed by atoms with E-state index in [-0.39, 0.29) is 36.2 Å². The van der Waals surface area contributed by atoms with Gasteiger partial charge in [-0.15, -0.1) is 0 Å². The van der Waals surface area contributed by atoms with Crippen molar-refractivity contribution in [3.63, 3.8) is 0 Å². The van der Waals surface area contributed by atoms with Crippen LogP contribution in [0.2, 0.25) is 0 Å². The zero-order chi connectivity index (χ0) is 25.3. The SMILES string of the molecule is COCC(CC(=O)O)c1cc(F)c(N(CC(C)C)CC(C)C)c(NC(=O)Nc2cncnc2)c1. The number of hydrogen-bond donors (Lipinski definition) is 3. The van der Waals surface area contributed by atoms with E-state index in [4.69, 9.17) is 4.74 Å². The fourth-order valence-electron chi connectivity index (χ4n) is 3.74. The Morgan fingerprint density at radius 3 is 2.24 bits per heavy atom. The van der Waals surface area contributed by atoms with Crippen LogP contribution in [0, 0.1) is 17.7 Å². The van der Waals surface area contributed by atoms with Crippen molar-refractivity contribution in [2.24, 2.45) is 11.8 Å². The first-order valence-corrected chi connectivity index (χ1v) is 11.2. The molecule has 1 unspecified atom stereocenters. The molecule has 0 aliphatic carbocycles. The number of carbonyl (C=O) groups is 2. The largest absolute Gasteiger partial charge is 0.481 e. The molecule has 2 rings (SSSR count). The van der Waals surface area contributed by atoms with Crippen LogP contribution in [-0.2, 0) is 9.53 Å². The number of carboxylic acid groups (broad SMARTS) is 1. The Morgan fingerprint density at radius 2 is 1.71 bits per heavy atom. The number of aliphatic carboxylic acids is 1. The summed E-state index contributed by atoms with van der Waals surface area (Å²) in [7, 11) is 1.46. The highest BCUT2D eigenvalue weighted by Crippen LogP contribution is 2.35. The molecular weight excluding hydrogens is 441 g/mol. The van der Waals surface area contributed by atoms with Gasteiger partial charge >= 0.3 is 12.0 Å². The molecule has 3 N–H and O–H groups in total. The van der Waals surface area contributed by atoms with Crippen LogP contribution < -0.4 is 15.5 Å². The number of rotatable bonds is 12. The van der Waals surface area contributed by atoms with Crippen LogP contribution in [-0.4, -0.2) is 53.9 Å². The Morgan fingerprint density at radius 1 is 1.09 bits per heavy atom. The predicted molar refractivity (Wildman–Crippen MR) is 130 cm³/mol. The summed E-state index contributed by atoms with van der Waals surface area (Å²) in [6.45, 7) is 9.40. The van der Waals surface area contributed by atoms with Gasteiger partial charge in [-0.2, -0.15) is 0 Å². The fourth-order valence-corrected chi connectivity index (χ4v) is 3.74. The Kier molecular flexibility index (Phi) is 10.2. The Balaban J connectivity index is 2.53. The molecule has 9 nitrogen and oxygen atoms in total. The number of urea groups is 1. The highest BCUT2D eigenvalue weighted by Gasteiger charge is 2.24. The lowest BCUT2D eigenvalue weighted by molar-refractivity contribution is -0.137. The van der Waals surface area contributed by atoms with Gasteiger partial charge in [0, 0.05) is 26.1 Å². The summed E-state index contributed by atoms with van der Waals surface area (Å²) in [4.78, 5) is 33.8. The third-order valence-corrected chi connectivity index (χ3v) is 4.90. The number of hydrogen-bond acceptors (Lipinski definition) is 6. The standard InChI is InChI=1S/C24H34FN5O4/c1-15(2)11-30(12-16(3)4)23-20(25)6-17(18(13-34-5)8-22(31)32)7-21(23)29-24(33)28-19-9-26-14-27-10-19/h6-7,9-10,14-16,18H,8,11-13H2,1-5H3,(H,31,32)(H2,28,29,33). The molecule has 186 valence electrons. The molecule has 0 aliphatic heterocycles. The molecule has 34 heavy (non-hydrogen) atoms. The molecule has 10 heteroatoms. The van der Waals surface area contributed by atoms with Crippen LogP contribution >= 0.6 is 0 Å². The molecule has 0 saturated carbocycles. The summed E-state index contributed by atoms with van der Waals surface area (Å²) in [6.07, 6.45) is 3.99. The molecule has 1 aromatic carbocycles. The van der Waals surface area contributed by atoms with Crippen molar-refractivity contribution >= 4 is 29.1 Å². The molecule has 2 amide bonds. The molecule has 1 atom stereocenters. The van der Waals surface area contributed by atoms with Gasteiger partial charge in [-0.3, -0.25) is 4.79 Å². The maximum atomic E-state index is 15.7. The molecule has 0 radical (unpaired) electrons. The second-order valence-electron chi connectivity index (χ2n) is 9.05. The zero-order valence-corrected chi connectivity index (χ0v) is 20.3. The van der Waals surface area contributed by atoms with Crippen molar-refractivity contribution < 1.29 is 23.8 Å². The maximum absolute atomic E-state index is 15.7. The van der Waals surface area contributed by atoms with Crippen LogP contribution in [0.25, 0.3) is 0 Å². The summed E-state index contributed by atoms with van der Waals surface area (Å²) >= 11 is 0. The number of nitrogens with one attached hydrogen (secondary N) is 2. The Labute approximate surface area is 199 Å². The average Bonchev–Trinajstić information content (AvgIpc) is 2.72. The lowest BCUT2D eigenvalue weighted by Gasteiger charge is -2.31. The smallest absolute Gasteiger partial charge is 0.323 e. The van der Waals surface area contributed by atoms with Crippen molar-refractivity contribution in [2.75, 3.05) is 42.3 Å². The lowest BCUT2D eigenvalue weighted by atomic mass is 9.94. The highest BCUT2D eigenvalue weighted by atomic mass is 19.1. The zero-order valence-electron chi connectivity index (χ0n) is 20.3. The number of amides is 2. The van der Waals surface area contributed by atoms with Crippen molar-refractivity contribution in [3.8, 4) is 0 Å². The quantitative estimate of drug-likeness (QED) is 0.411. The van der Waals surface area contributed by atoms with Crippen molar-refractivity contribution in [1.29, 1.82) is 0 Å². The Bertz CT molecular complexity index is 946. The van der Waals surface area contributed by atoms with Crippen molar-refractivity contribution in [1.82, 2.24) is 9.97 Å². The summed E-state index contributed by atoms with van der Waals surface area (Å²) in [6, 6.07) is 2.37. The first-order valence-electron chi connectivity index (χ1n) is 11.2. The molecule has 2 aromatic rings. The van der Waals surface area contributed by atoms with Gasteiger partial charge in [0.2, 0.25) is 0 Å². The number of methoxy groups -OCH3 is 1. The topological polar surface area (TPSA) is 117 Å². The first-order chi connectivity index (χ1) is 16.1. The molecule has 0 fully saturated rings. The number of ether oxygens (including phenoxy) is 1. The second kappa shape index (κ2) is 12.8. The van der Waals surface area contributed by atoms with Crippen LogP contribution in [0.3, 0.4) is 0 Å². The Hall–Kier alpha value is -3.27. The van der Waals surface area contributed by atoms with Gasteiger partial charge < -0.3 is 25.4 Å². The third kappa shape index (κ3) is 8.26. The van der Waals surface area contributed by atoms with Crippen LogP contribution in [0.5, 0.6) is 0 Å². The van der Waals surface area contributed by atoms with Crippen LogP contribution in [0.4, 0.5) is 26.2 Å². The minimum absolute atomic E-state index is 0.0970. The first kappa shape index (κ1) is 27.0. The average molecular weight is 476 g/mol. The van der Waals surface area contributed by atoms with Gasteiger partial charge in [0.05, 0.1) is 42.5 Å². The normalized spacial score (nSPS) is 12.0. The van der Waals surface area contributed by atoms with E-state index in [1.165, 1.54) is 31.9 Å². The van der Waals surface area contributed by atoms with E-state index in [9.17, 15) is 14.7 Å². The third-order valence-electron chi connectivity index (χ3n) is 4.90. The van der Waals surface area contributed by atoms with E-state index in [0.717, 1.165) is 0 Å². The minimum atomic E-state index is -1.02. The molecule has 1 aromatic heterocycles. The van der Waals surface area contributed by atoms with Crippen LogP contribution in [0.1, 0.15) is 45.6 Å². The molecule has 1 heterocycles. The van der Waals surface area contributed by atoms with E-state index >= 15 is 4.39 Å². The minimum Gasteiger partial charge on any atom is -0.481 e. The molecule has 0 aliphatic rings. The predicted octanol–water partition coefficient (Wildman–Crippen LogP) is 4.58. The van der Waals surface area contributed by atoms with Gasteiger partial charge in [0.1, 0.15) is 12.1 Å². The van der Waals surface area contributed by atoms with Gasteiger partial charge in [0.15, 0.2) is 0 Å². The summed E-state index contributed by atoms with van der Waals surface area (Å²) in [5.74, 6) is -1.66. The summed E-state index contributed by atoms with van der Waals surface area (Å²) in [5, 5.41) is 14.7. The van der Waals surface area contributed by atoms with Gasteiger partial charge in [0.25, 0.3) is 0 Å². The number of benzene rings is 1. The summed E-state index contributed by atoms with van der Waals surface area (Å²) in [5.41, 5.74) is 1.31. The number of anilines is 3. The monoisotopic (exact) mass is 475 g/mol. The van der Waals surface area contributed by atoms with E-state index < -0.39 is 23.7 Å².